The van der Waals surface area contributed by atoms with Crippen LogP contribution in [0.3, 0.4) is 0 Å². The summed E-state index contributed by atoms with van der Waals surface area (Å²) >= 11 is 0. The third-order valence-electron chi connectivity index (χ3n) is 5.15. The standard InChI is InChI=1S/C17H29N5O.2ClH/c1-15(14-21-11-3-2-4-12-21)20-16(23)17(6-9-18-10-7-17)22-13-5-8-19-22;;/h5,8,13,15,18H,2-4,6-7,9-12,14H2,1H3,(H,20,23);2*1H. The van der Waals surface area contributed by atoms with Gasteiger partial charge in [-0.2, -0.15) is 5.10 Å². The summed E-state index contributed by atoms with van der Waals surface area (Å²) in [6, 6.07) is 2.07. The Labute approximate surface area is 162 Å². The fourth-order valence-corrected chi connectivity index (χ4v) is 3.86. The minimum absolute atomic E-state index is 0. The largest absolute Gasteiger partial charge is 0.350 e. The Morgan fingerprint density at radius 2 is 1.92 bits per heavy atom. The average Bonchev–Trinajstić information content (AvgIpc) is 3.11. The van der Waals surface area contributed by atoms with Crippen molar-refractivity contribution in [3.05, 3.63) is 18.5 Å². The van der Waals surface area contributed by atoms with Gasteiger partial charge < -0.3 is 15.5 Å². The van der Waals surface area contributed by atoms with Crippen molar-refractivity contribution in [1.29, 1.82) is 0 Å². The molecule has 144 valence electrons. The maximum atomic E-state index is 13.1. The summed E-state index contributed by atoms with van der Waals surface area (Å²) in [5.41, 5.74) is -0.537. The van der Waals surface area contributed by atoms with Crippen LogP contribution in [0.15, 0.2) is 18.5 Å². The number of piperidine rings is 2. The van der Waals surface area contributed by atoms with E-state index < -0.39 is 5.54 Å². The van der Waals surface area contributed by atoms with Crippen molar-refractivity contribution in [2.24, 2.45) is 0 Å². The maximum absolute atomic E-state index is 13.1. The summed E-state index contributed by atoms with van der Waals surface area (Å²) in [6.45, 7) is 7.09. The van der Waals surface area contributed by atoms with E-state index in [9.17, 15) is 4.79 Å². The zero-order chi connectivity index (χ0) is 16.1. The number of likely N-dealkylation sites (tertiary alicyclic amines) is 1. The smallest absolute Gasteiger partial charge is 0.248 e. The summed E-state index contributed by atoms with van der Waals surface area (Å²) in [6.07, 6.45) is 9.15. The van der Waals surface area contributed by atoms with Crippen LogP contribution >= 0.6 is 24.8 Å². The highest BCUT2D eigenvalue weighted by atomic mass is 35.5. The van der Waals surface area contributed by atoms with Crippen molar-refractivity contribution in [1.82, 2.24) is 25.3 Å². The monoisotopic (exact) mass is 391 g/mol. The Kier molecular flexibility index (Phi) is 9.21. The van der Waals surface area contributed by atoms with Gasteiger partial charge in [-0.25, -0.2) is 0 Å². The summed E-state index contributed by atoms with van der Waals surface area (Å²) in [5.74, 6) is 0.118. The van der Waals surface area contributed by atoms with E-state index in [4.69, 9.17) is 0 Å². The molecule has 3 heterocycles. The third-order valence-corrected chi connectivity index (χ3v) is 5.15. The first-order valence-corrected chi connectivity index (χ1v) is 8.95. The molecule has 1 aromatic heterocycles. The van der Waals surface area contributed by atoms with Crippen molar-refractivity contribution in [2.45, 2.75) is 50.6 Å². The normalized spacial score (nSPS) is 21.5. The van der Waals surface area contributed by atoms with E-state index >= 15 is 0 Å². The highest BCUT2D eigenvalue weighted by molar-refractivity contribution is 5.86. The zero-order valence-corrected chi connectivity index (χ0v) is 16.6. The number of halogens is 2. The van der Waals surface area contributed by atoms with Gasteiger partial charge in [-0.3, -0.25) is 9.48 Å². The van der Waals surface area contributed by atoms with E-state index in [-0.39, 0.29) is 36.8 Å². The second-order valence-corrected chi connectivity index (χ2v) is 6.97. The van der Waals surface area contributed by atoms with E-state index in [0.717, 1.165) is 45.6 Å². The van der Waals surface area contributed by atoms with E-state index in [0.29, 0.717) is 0 Å². The van der Waals surface area contributed by atoms with Crippen LogP contribution in [0, 0.1) is 0 Å². The third kappa shape index (κ3) is 5.33. The molecule has 1 unspecified atom stereocenters. The SMILES string of the molecule is CC(CN1CCCCC1)NC(=O)C1(n2cccn2)CCNCC1.Cl.Cl. The molecule has 0 saturated carbocycles. The van der Waals surface area contributed by atoms with E-state index in [1.54, 1.807) is 6.20 Å². The fourth-order valence-electron chi connectivity index (χ4n) is 3.86. The molecule has 0 bridgehead atoms. The van der Waals surface area contributed by atoms with Crippen LogP contribution in [0.1, 0.15) is 39.0 Å². The molecule has 1 atom stereocenters. The Balaban J connectivity index is 0.00000156. The summed E-state index contributed by atoms with van der Waals surface area (Å²) in [5, 5.41) is 11.0. The summed E-state index contributed by atoms with van der Waals surface area (Å²) in [7, 11) is 0. The van der Waals surface area contributed by atoms with Gasteiger partial charge in [-0.15, -0.1) is 24.8 Å². The first-order valence-electron chi connectivity index (χ1n) is 8.95. The second-order valence-electron chi connectivity index (χ2n) is 6.97. The molecule has 6 nitrogen and oxygen atoms in total. The lowest BCUT2D eigenvalue weighted by molar-refractivity contribution is -0.132. The highest BCUT2D eigenvalue weighted by Crippen LogP contribution is 2.27. The molecular weight excluding hydrogens is 361 g/mol. The number of aromatic nitrogens is 2. The maximum Gasteiger partial charge on any atom is 0.248 e. The predicted molar refractivity (Wildman–Crippen MR) is 105 cm³/mol. The number of amides is 1. The van der Waals surface area contributed by atoms with Gasteiger partial charge in [0, 0.05) is 25.0 Å². The van der Waals surface area contributed by atoms with Crippen LogP contribution in [0.5, 0.6) is 0 Å². The summed E-state index contributed by atoms with van der Waals surface area (Å²) in [4.78, 5) is 15.5. The van der Waals surface area contributed by atoms with Crippen molar-refractivity contribution >= 4 is 30.7 Å². The molecule has 0 radical (unpaired) electrons. The molecule has 8 heteroatoms. The first-order chi connectivity index (χ1) is 11.2. The lowest BCUT2D eigenvalue weighted by atomic mass is 9.87. The average molecular weight is 392 g/mol. The Bertz CT molecular complexity index is 499. The first kappa shape index (κ1) is 22.2. The van der Waals surface area contributed by atoms with Crippen LogP contribution in [0.4, 0.5) is 0 Å². The molecule has 1 amide bonds. The molecule has 25 heavy (non-hydrogen) atoms. The van der Waals surface area contributed by atoms with Crippen LogP contribution in [0.2, 0.25) is 0 Å². The van der Waals surface area contributed by atoms with Crippen molar-refractivity contribution in [2.75, 3.05) is 32.7 Å². The van der Waals surface area contributed by atoms with Crippen LogP contribution in [-0.2, 0) is 10.3 Å². The molecule has 0 aliphatic carbocycles. The number of hydrogen-bond acceptors (Lipinski definition) is 4. The second kappa shape index (κ2) is 10.4. The Hall–Kier alpha value is -0.820. The van der Waals surface area contributed by atoms with Crippen LogP contribution in [0.25, 0.3) is 0 Å². The number of rotatable bonds is 5. The van der Waals surface area contributed by atoms with Crippen molar-refractivity contribution in [3.63, 3.8) is 0 Å². The van der Waals surface area contributed by atoms with E-state index in [2.05, 4.69) is 27.6 Å². The van der Waals surface area contributed by atoms with Gasteiger partial charge in [0.15, 0.2) is 0 Å². The van der Waals surface area contributed by atoms with Gasteiger partial charge in [0.05, 0.1) is 0 Å². The van der Waals surface area contributed by atoms with Gasteiger partial charge in [-0.05, 0) is 64.9 Å². The molecule has 1 aromatic rings. The van der Waals surface area contributed by atoms with Gasteiger partial charge in [0.25, 0.3) is 0 Å². The van der Waals surface area contributed by atoms with Gasteiger partial charge in [0.1, 0.15) is 5.54 Å². The zero-order valence-electron chi connectivity index (χ0n) is 14.9. The van der Waals surface area contributed by atoms with Gasteiger partial charge in [0.2, 0.25) is 5.91 Å². The minimum Gasteiger partial charge on any atom is -0.350 e. The van der Waals surface area contributed by atoms with E-state index in [1.807, 2.05) is 16.9 Å². The molecule has 2 aliphatic rings. The lowest BCUT2D eigenvalue weighted by Crippen LogP contribution is -2.57. The van der Waals surface area contributed by atoms with Crippen LogP contribution < -0.4 is 10.6 Å². The fraction of sp³-hybridized carbons (Fsp3) is 0.765. The molecule has 0 aromatic carbocycles. The molecule has 2 aliphatic heterocycles. The Morgan fingerprint density at radius 1 is 1.24 bits per heavy atom. The van der Waals surface area contributed by atoms with Gasteiger partial charge in [-0.1, -0.05) is 6.42 Å². The summed E-state index contributed by atoms with van der Waals surface area (Å²) < 4.78 is 1.86. The molecule has 2 N–H and O–H groups in total. The Morgan fingerprint density at radius 3 is 2.52 bits per heavy atom. The number of carbonyl (C=O) groups excluding carboxylic acids is 1. The number of hydrogen-bond donors (Lipinski definition) is 2. The molecule has 0 spiro atoms. The van der Waals surface area contributed by atoms with Gasteiger partial charge >= 0.3 is 0 Å². The van der Waals surface area contributed by atoms with Crippen LogP contribution in [-0.4, -0.2) is 59.4 Å². The van der Waals surface area contributed by atoms with Crippen molar-refractivity contribution < 1.29 is 4.79 Å². The topological polar surface area (TPSA) is 62.2 Å². The minimum atomic E-state index is -0.537. The number of nitrogens with one attached hydrogen (secondary N) is 2. The highest BCUT2D eigenvalue weighted by Gasteiger charge is 2.42. The molecule has 2 fully saturated rings. The predicted octanol–water partition coefficient (Wildman–Crippen LogP) is 1.80. The molecular formula is C17H31Cl2N5O. The molecule has 2 saturated heterocycles. The van der Waals surface area contributed by atoms with E-state index in [1.165, 1.54) is 19.3 Å². The molecule has 3 rings (SSSR count). The quantitative estimate of drug-likeness (QED) is 0.802. The van der Waals surface area contributed by atoms with Crippen molar-refractivity contribution in [3.8, 4) is 0 Å². The number of carbonyl (C=O) groups is 1. The lowest BCUT2D eigenvalue weighted by Gasteiger charge is -2.38. The number of nitrogens with zero attached hydrogens (tertiary/aromatic N) is 3.